The monoisotopic (exact) mass is 249 g/mol. The van der Waals surface area contributed by atoms with Gasteiger partial charge in [0.25, 0.3) is 0 Å². The molecule has 0 radical (unpaired) electrons. The lowest BCUT2D eigenvalue weighted by Crippen LogP contribution is -2.28. The summed E-state index contributed by atoms with van der Waals surface area (Å²) in [6, 6.07) is 4.56. The van der Waals surface area contributed by atoms with E-state index in [4.69, 9.17) is 18.0 Å². The molecule has 2 N–H and O–H groups in total. The van der Waals surface area contributed by atoms with Crippen LogP contribution in [0.1, 0.15) is 38.2 Å². The first kappa shape index (κ1) is 12.3. The number of aromatic nitrogens is 1. The molecule has 0 bridgehead atoms. The third-order valence-corrected chi connectivity index (χ3v) is 3.30. The third kappa shape index (κ3) is 3.16. The number of hydrogen-bond acceptors (Lipinski definition) is 3. The predicted octanol–water partition coefficient (Wildman–Crippen LogP) is 2.48. The van der Waals surface area contributed by atoms with Crippen molar-refractivity contribution in [3.63, 3.8) is 0 Å². The highest BCUT2D eigenvalue weighted by molar-refractivity contribution is 7.80. The second-order valence-electron chi connectivity index (χ2n) is 4.55. The minimum atomic E-state index is 0.444. The Bertz CT molecular complexity index is 401. The summed E-state index contributed by atoms with van der Waals surface area (Å²) in [5.74, 6) is 1.02. The molecule has 1 aliphatic carbocycles. The minimum absolute atomic E-state index is 0.444. The van der Waals surface area contributed by atoms with E-state index in [2.05, 4.69) is 16.8 Å². The maximum Gasteiger partial charge on any atom is 0.129 e. The van der Waals surface area contributed by atoms with Crippen LogP contribution >= 0.6 is 12.2 Å². The second-order valence-corrected chi connectivity index (χ2v) is 4.98. The van der Waals surface area contributed by atoms with E-state index < -0.39 is 0 Å². The molecule has 1 aromatic heterocycles. The van der Waals surface area contributed by atoms with Gasteiger partial charge < -0.3 is 10.6 Å². The molecular formula is C13H19N3S. The molecule has 4 heteroatoms. The minimum Gasteiger partial charge on any atom is -0.389 e. The first-order chi connectivity index (χ1) is 8.22. The average Bonchev–Trinajstić information content (AvgIpc) is 3.14. The molecular weight excluding hydrogens is 230 g/mol. The summed E-state index contributed by atoms with van der Waals surface area (Å²) >= 11 is 5.01. The van der Waals surface area contributed by atoms with Crippen molar-refractivity contribution in [2.45, 2.75) is 38.6 Å². The molecule has 1 saturated carbocycles. The second kappa shape index (κ2) is 5.45. The number of thiocarbonyl (C=S) groups is 1. The molecule has 17 heavy (non-hydrogen) atoms. The molecule has 92 valence electrons. The Labute approximate surface area is 108 Å². The van der Waals surface area contributed by atoms with Crippen molar-refractivity contribution in [1.82, 2.24) is 4.98 Å². The lowest BCUT2D eigenvalue weighted by Gasteiger charge is -2.23. The summed E-state index contributed by atoms with van der Waals surface area (Å²) in [6.07, 6.45) is 6.77. The molecule has 1 aromatic rings. The lowest BCUT2D eigenvalue weighted by atomic mass is 10.2. The number of nitrogens with two attached hydrogens (primary N) is 1. The van der Waals surface area contributed by atoms with Gasteiger partial charge in [0.15, 0.2) is 0 Å². The van der Waals surface area contributed by atoms with Crippen LogP contribution < -0.4 is 10.6 Å². The summed E-state index contributed by atoms with van der Waals surface area (Å²) in [5.41, 5.74) is 6.57. The lowest BCUT2D eigenvalue weighted by molar-refractivity contribution is 0.704. The van der Waals surface area contributed by atoms with Gasteiger partial charge >= 0.3 is 0 Å². The van der Waals surface area contributed by atoms with Crippen LogP contribution in [0.5, 0.6) is 0 Å². The van der Waals surface area contributed by atoms with Gasteiger partial charge in [-0.2, -0.15) is 0 Å². The molecule has 1 fully saturated rings. The van der Waals surface area contributed by atoms with Crippen molar-refractivity contribution in [2.75, 3.05) is 11.4 Å². The topological polar surface area (TPSA) is 42.1 Å². The summed E-state index contributed by atoms with van der Waals surface area (Å²) < 4.78 is 0. The van der Waals surface area contributed by atoms with Gasteiger partial charge in [0.1, 0.15) is 10.8 Å². The van der Waals surface area contributed by atoms with Gasteiger partial charge in [-0.05, 0) is 31.4 Å². The molecule has 3 nitrogen and oxygen atoms in total. The standard InChI is InChI=1S/C13H19N3S/c1-2-3-8-16(11-4-5-11)12-9-10(13(14)17)6-7-15-12/h6-7,9,11H,2-5,8H2,1H3,(H2,14,17). The zero-order valence-corrected chi connectivity index (χ0v) is 11.0. The van der Waals surface area contributed by atoms with Crippen LogP contribution in [0, 0.1) is 0 Å². The average molecular weight is 249 g/mol. The molecule has 2 rings (SSSR count). The maximum atomic E-state index is 5.66. The van der Waals surface area contributed by atoms with Crippen LogP contribution in [0.2, 0.25) is 0 Å². The first-order valence-corrected chi connectivity index (χ1v) is 6.65. The number of nitrogens with zero attached hydrogens (tertiary/aromatic N) is 2. The molecule has 0 unspecified atom stereocenters. The van der Waals surface area contributed by atoms with Crippen LogP contribution in [0.25, 0.3) is 0 Å². The van der Waals surface area contributed by atoms with Crippen molar-refractivity contribution in [1.29, 1.82) is 0 Å². The highest BCUT2D eigenvalue weighted by Crippen LogP contribution is 2.31. The summed E-state index contributed by atoms with van der Waals surface area (Å²) in [7, 11) is 0. The Morgan fingerprint density at radius 2 is 2.35 bits per heavy atom. The molecule has 0 amide bonds. The van der Waals surface area contributed by atoms with Crippen molar-refractivity contribution < 1.29 is 0 Å². The number of rotatable bonds is 6. The van der Waals surface area contributed by atoms with Gasteiger partial charge in [0, 0.05) is 24.3 Å². The quantitative estimate of drug-likeness (QED) is 0.787. The van der Waals surface area contributed by atoms with Gasteiger partial charge in [0.2, 0.25) is 0 Å². The van der Waals surface area contributed by atoms with E-state index >= 15 is 0 Å². The molecule has 0 atom stereocenters. The van der Waals surface area contributed by atoms with Gasteiger partial charge in [-0.1, -0.05) is 25.6 Å². The van der Waals surface area contributed by atoms with E-state index in [1.54, 1.807) is 6.20 Å². The number of anilines is 1. The Morgan fingerprint density at radius 1 is 1.59 bits per heavy atom. The van der Waals surface area contributed by atoms with Crippen molar-refractivity contribution in [3.8, 4) is 0 Å². The molecule has 0 aromatic carbocycles. The van der Waals surface area contributed by atoms with E-state index in [0.717, 1.165) is 17.9 Å². The summed E-state index contributed by atoms with van der Waals surface area (Å²) in [4.78, 5) is 7.29. The highest BCUT2D eigenvalue weighted by atomic mass is 32.1. The van der Waals surface area contributed by atoms with Crippen LogP contribution in [0.4, 0.5) is 5.82 Å². The zero-order chi connectivity index (χ0) is 12.3. The largest absolute Gasteiger partial charge is 0.389 e. The van der Waals surface area contributed by atoms with Crippen LogP contribution in [0.15, 0.2) is 18.3 Å². The number of pyridine rings is 1. The smallest absolute Gasteiger partial charge is 0.129 e. The van der Waals surface area contributed by atoms with Crippen LogP contribution in [0.3, 0.4) is 0 Å². The van der Waals surface area contributed by atoms with Gasteiger partial charge in [-0.3, -0.25) is 0 Å². The van der Waals surface area contributed by atoms with E-state index in [1.807, 2.05) is 12.1 Å². The van der Waals surface area contributed by atoms with Gasteiger partial charge in [0.05, 0.1) is 0 Å². The van der Waals surface area contributed by atoms with E-state index in [0.29, 0.717) is 11.0 Å². The molecule has 1 heterocycles. The molecule has 1 aliphatic rings. The zero-order valence-electron chi connectivity index (χ0n) is 10.2. The Hall–Kier alpha value is -1.16. The fraction of sp³-hybridized carbons (Fsp3) is 0.538. The van der Waals surface area contributed by atoms with E-state index in [9.17, 15) is 0 Å². The number of hydrogen-bond donors (Lipinski definition) is 1. The van der Waals surface area contributed by atoms with Crippen LogP contribution in [-0.4, -0.2) is 22.6 Å². The maximum absolute atomic E-state index is 5.66. The fourth-order valence-electron chi connectivity index (χ4n) is 1.93. The third-order valence-electron chi connectivity index (χ3n) is 3.06. The molecule has 0 saturated heterocycles. The molecule has 0 spiro atoms. The Balaban J connectivity index is 2.16. The van der Waals surface area contributed by atoms with Crippen molar-refractivity contribution >= 4 is 23.0 Å². The molecule has 0 aliphatic heterocycles. The van der Waals surface area contributed by atoms with Crippen LogP contribution in [-0.2, 0) is 0 Å². The summed E-state index contributed by atoms with van der Waals surface area (Å²) in [5, 5.41) is 0. The van der Waals surface area contributed by atoms with Gasteiger partial charge in [-0.25, -0.2) is 4.98 Å². The van der Waals surface area contributed by atoms with Crippen molar-refractivity contribution in [2.24, 2.45) is 5.73 Å². The van der Waals surface area contributed by atoms with E-state index in [1.165, 1.54) is 25.7 Å². The normalized spacial score (nSPS) is 14.6. The Morgan fingerprint density at radius 3 is 2.94 bits per heavy atom. The fourth-order valence-corrected chi connectivity index (χ4v) is 2.05. The van der Waals surface area contributed by atoms with Gasteiger partial charge in [-0.15, -0.1) is 0 Å². The number of unbranched alkanes of at least 4 members (excludes halogenated alkanes) is 1. The Kier molecular flexibility index (Phi) is 3.94. The first-order valence-electron chi connectivity index (χ1n) is 6.25. The highest BCUT2D eigenvalue weighted by Gasteiger charge is 2.29. The summed E-state index contributed by atoms with van der Waals surface area (Å²) in [6.45, 7) is 3.29. The SMILES string of the molecule is CCCCN(c1cc(C(N)=S)ccn1)C1CC1. The van der Waals surface area contributed by atoms with Crippen molar-refractivity contribution in [3.05, 3.63) is 23.9 Å². The van der Waals surface area contributed by atoms with E-state index in [-0.39, 0.29) is 0 Å². The predicted molar refractivity (Wildman–Crippen MR) is 75.4 cm³/mol.